The van der Waals surface area contributed by atoms with Crippen molar-refractivity contribution in [3.63, 3.8) is 0 Å². The molecule has 1 unspecified atom stereocenters. The molecular formula is C16H20O7S. The number of ether oxygens (including phenoxy) is 3. The molecule has 0 amide bonds. The Kier molecular flexibility index (Phi) is 6.36. The lowest BCUT2D eigenvalue weighted by Crippen LogP contribution is -2.24. The Labute approximate surface area is 141 Å². The van der Waals surface area contributed by atoms with Crippen molar-refractivity contribution < 1.29 is 31.6 Å². The number of hydrogen-bond acceptors (Lipinski definition) is 7. The molecule has 132 valence electrons. The lowest BCUT2D eigenvalue weighted by Gasteiger charge is -2.22. The van der Waals surface area contributed by atoms with Gasteiger partial charge in [-0.3, -0.25) is 0 Å². The van der Waals surface area contributed by atoms with Crippen LogP contribution in [0.3, 0.4) is 0 Å². The predicted octanol–water partition coefficient (Wildman–Crippen LogP) is 2.26. The van der Waals surface area contributed by atoms with Crippen LogP contribution in [0.4, 0.5) is 0 Å². The summed E-state index contributed by atoms with van der Waals surface area (Å²) in [5.41, 5.74) is 0.897. The SMILES string of the molecule is C=C(OS(=O)(=O)c1ccc(C)cc1)C(=O)OCOC1CCCCO1. The average molecular weight is 356 g/mol. The van der Waals surface area contributed by atoms with E-state index in [0.29, 0.717) is 6.61 Å². The minimum Gasteiger partial charge on any atom is -0.432 e. The van der Waals surface area contributed by atoms with Crippen LogP contribution < -0.4 is 0 Å². The van der Waals surface area contributed by atoms with Crippen LogP contribution in [-0.4, -0.2) is 34.1 Å². The highest BCUT2D eigenvalue weighted by molar-refractivity contribution is 7.86. The fraction of sp³-hybridized carbons (Fsp3) is 0.438. The van der Waals surface area contributed by atoms with Gasteiger partial charge in [0.15, 0.2) is 13.1 Å². The third-order valence-corrected chi connectivity index (χ3v) is 4.60. The molecule has 1 heterocycles. The van der Waals surface area contributed by atoms with Crippen molar-refractivity contribution in [3.05, 3.63) is 42.2 Å². The standard InChI is InChI=1S/C16H20O7S/c1-12-6-8-14(9-7-12)24(18,19)23-13(2)16(17)22-11-21-15-5-3-4-10-20-15/h6-9,15H,2-5,10-11H2,1H3. The van der Waals surface area contributed by atoms with Crippen LogP contribution >= 0.6 is 0 Å². The highest BCUT2D eigenvalue weighted by atomic mass is 32.2. The maximum absolute atomic E-state index is 12.0. The van der Waals surface area contributed by atoms with Gasteiger partial charge in [0, 0.05) is 6.61 Å². The zero-order valence-electron chi connectivity index (χ0n) is 13.4. The van der Waals surface area contributed by atoms with Crippen molar-refractivity contribution in [3.8, 4) is 0 Å². The van der Waals surface area contributed by atoms with E-state index in [9.17, 15) is 13.2 Å². The normalized spacial score (nSPS) is 18.0. The van der Waals surface area contributed by atoms with Gasteiger partial charge in [0.2, 0.25) is 5.76 Å². The maximum atomic E-state index is 12.0. The Morgan fingerprint density at radius 1 is 1.29 bits per heavy atom. The van der Waals surface area contributed by atoms with Crippen molar-refractivity contribution in [2.24, 2.45) is 0 Å². The van der Waals surface area contributed by atoms with Gasteiger partial charge in [-0.1, -0.05) is 17.7 Å². The zero-order chi connectivity index (χ0) is 17.6. The third-order valence-electron chi connectivity index (χ3n) is 3.33. The number of benzene rings is 1. The molecule has 1 aromatic carbocycles. The molecule has 0 aliphatic carbocycles. The molecule has 24 heavy (non-hydrogen) atoms. The summed E-state index contributed by atoms with van der Waals surface area (Å²) in [6.45, 7) is 5.34. The topological polar surface area (TPSA) is 88.1 Å². The third kappa shape index (κ3) is 5.33. The summed E-state index contributed by atoms with van der Waals surface area (Å²) in [6.07, 6.45) is 2.25. The second kappa shape index (κ2) is 8.27. The van der Waals surface area contributed by atoms with E-state index in [2.05, 4.69) is 10.8 Å². The van der Waals surface area contributed by atoms with Crippen molar-refractivity contribution in [1.29, 1.82) is 0 Å². The van der Waals surface area contributed by atoms with Crippen LogP contribution in [-0.2, 0) is 33.3 Å². The molecule has 0 N–H and O–H groups in total. The van der Waals surface area contributed by atoms with Crippen molar-refractivity contribution in [2.75, 3.05) is 13.4 Å². The Morgan fingerprint density at radius 2 is 2.00 bits per heavy atom. The monoisotopic (exact) mass is 356 g/mol. The van der Waals surface area contributed by atoms with Crippen LogP contribution in [0.5, 0.6) is 0 Å². The van der Waals surface area contributed by atoms with Gasteiger partial charge < -0.3 is 18.4 Å². The van der Waals surface area contributed by atoms with Crippen LogP contribution in [0.15, 0.2) is 41.5 Å². The summed E-state index contributed by atoms with van der Waals surface area (Å²) in [7, 11) is -4.13. The second-order valence-corrected chi connectivity index (χ2v) is 6.83. The number of rotatable bonds is 7. The summed E-state index contributed by atoms with van der Waals surface area (Å²) >= 11 is 0. The second-order valence-electron chi connectivity index (χ2n) is 5.29. The Morgan fingerprint density at radius 3 is 2.62 bits per heavy atom. The van der Waals surface area contributed by atoms with Crippen LogP contribution in [0.25, 0.3) is 0 Å². The molecule has 0 bridgehead atoms. The van der Waals surface area contributed by atoms with Crippen molar-refractivity contribution in [1.82, 2.24) is 0 Å². The van der Waals surface area contributed by atoms with Gasteiger partial charge in [-0.05, 0) is 44.9 Å². The number of esters is 1. The number of carbonyl (C=O) groups is 1. The molecular weight excluding hydrogens is 336 g/mol. The highest BCUT2D eigenvalue weighted by Gasteiger charge is 2.22. The molecule has 0 saturated carbocycles. The van der Waals surface area contributed by atoms with Gasteiger partial charge in [0.05, 0.1) is 0 Å². The van der Waals surface area contributed by atoms with Gasteiger partial charge in [-0.25, -0.2) is 4.79 Å². The summed E-state index contributed by atoms with van der Waals surface area (Å²) < 4.78 is 44.1. The first-order chi connectivity index (χ1) is 11.4. The molecule has 2 rings (SSSR count). The Hall–Kier alpha value is -1.90. The fourth-order valence-electron chi connectivity index (χ4n) is 2.01. The lowest BCUT2D eigenvalue weighted by molar-refractivity contribution is -0.209. The van der Waals surface area contributed by atoms with Gasteiger partial charge in [0.25, 0.3) is 0 Å². The molecule has 0 radical (unpaired) electrons. The van der Waals surface area contributed by atoms with Gasteiger partial charge in [0.1, 0.15) is 4.90 Å². The molecule has 7 nitrogen and oxygen atoms in total. The summed E-state index contributed by atoms with van der Waals surface area (Å²) in [4.78, 5) is 11.6. The largest absolute Gasteiger partial charge is 0.432 e. The summed E-state index contributed by atoms with van der Waals surface area (Å²) in [5, 5.41) is 0. The summed E-state index contributed by atoms with van der Waals surface area (Å²) in [6, 6.07) is 6.00. The molecule has 1 atom stereocenters. The van der Waals surface area contributed by atoms with Crippen molar-refractivity contribution >= 4 is 16.1 Å². The Balaban J connectivity index is 1.82. The smallest absolute Gasteiger partial charge is 0.376 e. The summed E-state index contributed by atoms with van der Waals surface area (Å²) in [5.74, 6) is -1.65. The van der Waals surface area contributed by atoms with Gasteiger partial charge in [-0.15, -0.1) is 0 Å². The zero-order valence-corrected chi connectivity index (χ0v) is 14.2. The number of aryl methyl sites for hydroxylation is 1. The van der Waals surface area contributed by atoms with E-state index in [1.165, 1.54) is 12.1 Å². The van der Waals surface area contributed by atoms with Crippen LogP contribution in [0.1, 0.15) is 24.8 Å². The fourth-order valence-corrected chi connectivity index (χ4v) is 2.90. The Bertz CT molecular complexity index is 673. The molecule has 1 saturated heterocycles. The number of hydrogen-bond donors (Lipinski definition) is 0. The van der Waals surface area contributed by atoms with E-state index in [1.54, 1.807) is 12.1 Å². The van der Waals surface area contributed by atoms with E-state index in [4.69, 9.17) is 14.2 Å². The van der Waals surface area contributed by atoms with Crippen LogP contribution in [0.2, 0.25) is 0 Å². The minimum absolute atomic E-state index is 0.0751. The molecule has 1 aromatic rings. The quantitative estimate of drug-likeness (QED) is 0.243. The highest BCUT2D eigenvalue weighted by Crippen LogP contribution is 2.17. The van der Waals surface area contributed by atoms with E-state index in [0.717, 1.165) is 24.8 Å². The van der Waals surface area contributed by atoms with E-state index in [1.807, 2.05) is 6.92 Å². The lowest BCUT2D eigenvalue weighted by atomic mass is 10.2. The first kappa shape index (κ1) is 18.4. The molecule has 1 aliphatic rings. The predicted molar refractivity (Wildman–Crippen MR) is 84.2 cm³/mol. The first-order valence-electron chi connectivity index (χ1n) is 7.49. The van der Waals surface area contributed by atoms with Crippen LogP contribution in [0, 0.1) is 6.92 Å². The molecule has 0 spiro atoms. The van der Waals surface area contributed by atoms with E-state index >= 15 is 0 Å². The van der Waals surface area contributed by atoms with Gasteiger partial charge in [-0.2, -0.15) is 8.42 Å². The van der Waals surface area contributed by atoms with Gasteiger partial charge >= 0.3 is 16.1 Å². The minimum atomic E-state index is -4.13. The number of carbonyl (C=O) groups excluding carboxylic acids is 1. The van der Waals surface area contributed by atoms with E-state index < -0.39 is 28.1 Å². The van der Waals surface area contributed by atoms with E-state index in [-0.39, 0.29) is 11.7 Å². The molecule has 8 heteroatoms. The molecule has 0 aromatic heterocycles. The molecule has 1 fully saturated rings. The average Bonchev–Trinajstić information content (AvgIpc) is 2.55. The molecule has 1 aliphatic heterocycles. The first-order valence-corrected chi connectivity index (χ1v) is 8.90. The maximum Gasteiger partial charge on any atom is 0.376 e. The van der Waals surface area contributed by atoms with Crippen molar-refractivity contribution in [2.45, 2.75) is 37.4 Å².